The number of rotatable bonds is 1. The monoisotopic (exact) mass is 237 g/mol. The molecule has 1 saturated heterocycles. The van der Waals surface area contributed by atoms with E-state index in [4.69, 9.17) is 9.47 Å². The average Bonchev–Trinajstić information content (AvgIpc) is 2.67. The zero-order valence-corrected chi connectivity index (χ0v) is 9.83. The molecule has 4 heteroatoms. The van der Waals surface area contributed by atoms with Gasteiger partial charge in [0.05, 0.1) is 0 Å². The van der Waals surface area contributed by atoms with E-state index in [-0.39, 0.29) is 5.82 Å². The molecule has 1 N–H and O–H groups in total. The smallest absolute Gasteiger partial charge is 0.252 e. The van der Waals surface area contributed by atoms with E-state index in [0.29, 0.717) is 17.4 Å². The van der Waals surface area contributed by atoms with Gasteiger partial charge < -0.3 is 14.8 Å². The zero-order valence-electron chi connectivity index (χ0n) is 9.83. The Morgan fingerprint density at radius 3 is 2.94 bits per heavy atom. The highest BCUT2D eigenvalue weighted by Gasteiger charge is 2.44. The second-order valence-corrected chi connectivity index (χ2v) is 4.85. The summed E-state index contributed by atoms with van der Waals surface area (Å²) in [6.07, 6.45) is 2.19. The second-order valence-electron chi connectivity index (χ2n) is 4.85. The van der Waals surface area contributed by atoms with E-state index in [1.54, 1.807) is 6.07 Å². The lowest BCUT2D eigenvalue weighted by Gasteiger charge is -2.34. The standard InChI is InChI=1S/C13H16FNO2/c1-13(9-3-2-6-15-8-9)16-11-5-4-10(14)7-12(11)17-13/h4-5,7,9,15H,2-3,6,8H2,1H3. The third kappa shape index (κ3) is 1.86. The molecule has 1 fully saturated rings. The van der Waals surface area contributed by atoms with Gasteiger partial charge in [-0.25, -0.2) is 4.39 Å². The van der Waals surface area contributed by atoms with Gasteiger partial charge in [0.25, 0.3) is 5.79 Å². The van der Waals surface area contributed by atoms with E-state index in [0.717, 1.165) is 25.9 Å². The highest BCUT2D eigenvalue weighted by Crippen LogP contribution is 2.43. The highest BCUT2D eigenvalue weighted by molar-refractivity contribution is 5.43. The van der Waals surface area contributed by atoms with E-state index in [1.807, 2.05) is 6.92 Å². The number of hydrogen-bond acceptors (Lipinski definition) is 3. The van der Waals surface area contributed by atoms with Crippen molar-refractivity contribution in [2.45, 2.75) is 25.6 Å². The topological polar surface area (TPSA) is 30.5 Å². The molecule has 3 nitrogen and oxygen atoms in total. The van der Waals surface area contributed by atoms with E-state index in [1.165, 1.54) is 12.1 Å². The van der Waals surface area contributed by atoms with Crippen LogP contribution in [0.3, 0.4) is 0 Å². The number of piperidine rings is 1. The third-order valence-corrected chi connectivity index (χ3v) is 3.57. The first kappa shape index (κ1) is 10.8. The summed E-state index contributed by atoms with van der Waals surface area (Å²) in [6.45, 7) is 3.86. The molecule has 2 heterocycles. The van der Waals surface area contributed by atoms with Gasteiger partial charge in [0, 0.05) is 25.5 Å². The summed E-state index contributed by atoms with van der Waals surface area (Å²) in [4.78, 5) is 0. The van der Waals surface area contributed by atoms with Crippen molar-refractivity contribution < 1.29 is 13.9 Å². The van der Waals surface area contributed by atoms with E-state index in [2.05, 4.69) is 5.32 Å². The zero-order chi connectivity index (χ0) is 11.9. The number of halogens is 1. The van der Waals surface area contributed by atoms with E-state index < -0.39 is 5.79 Å². The maximum absolute atomic E-state index is 13.1. The Balaban J connectivity index is 1.83. The van der Waals surface area contributed by atoms with Crippen LogP contribution in [0.15, 0.2) is 18.2 Å². The molecule has 2 aliphatic rings. The Bertz CT molecular complexity index is 431. The molecule has 92 valence electrons. The number of hydrogen-bond donors (Lipinski definition) is 1. The lowest BCUT2D eigenvalue weighted by Crippen LogP contribution is -2.49. The van der Waals surface area contributed by atoms with Gasteiger partial charge in [-0.1, -0.05) is 0 Å². The fraction of sp³-hybridized carbons (Fsp3) is 0.538. The van der Waals surface area contributed by atoms with Gasteiger partial charge in [0.15, 0.2) is 11.5 Å². The van der Waals surface area contributed by atoms with Crippen molar-refractivity contribution in [2.75, 3.05) is 13.1 Å². The van der Waals surface area contributed by atoms with Crippen LogP contribution < -0.4 is 14.8 Å². The molecule has 0 spiro atoms. The summed E-state index contributed by atoms with van der Waals surface area (Å²) in [5.41, 5.74) is 0. The molecule has 0 radical (unpaired) electrons. The molecule has 1 aromatic carbocycles. The van der Waals surface area contributed by atoms with Crippen LogP contribution in [-0.4, -0.2) is 18.9 Å². The maximum Gasteiger partial charge on any atom is 0.252 e. The summed E-state index contributed by atoms with van der Waals surface area (Å²) in [6, 6.07) is 4.41. The Hall–Kier alpha value is -1.29. The van der Waals surface area contributed by atoms with Crippen LogP contribution in [0, 0.1) is 11.7 Å². The number of fused-ring (bicyclic) bond motifs is 1. The molecular formula is C13H16FNO2. The third-order valence-electron chi connectivity index (χ3n) is 3.57. The van der Waals surface area contributed by atoms with Crippen molar-refractivity contribution >= 4 is 0 Å². The minimum Gasteiger partial charge on any atom is -0.448 e. The van der Waals surface area contributed by atoms with Crippen LogP contribution in [0.5, 0.6) is 11.5 Å². The van der Waals surface area contributed by atoms with Crippen molar-refractivity contribution in [3.8, 4) is 11.5 Å². The molecule has 17 heavy (non-hydrogen) atoms. The predicted octanol–water partition coefficient (Wildman–Crippen LogP) is 2.31. The summed E-state index contributed by atoms with van der Waals surface area (Å²) in [5, 5.41) is 3.34. The number of benzene rings is 1. The van der Waals surface area contributed by atoms with E-state index in [9.17, 15) is 4.39 Å². The molecule has 0 bridgehead atoms. The van der Waals surface area contributed by atoms with Crippen LogP contribution >= 0.6 is 0 Å². The lowest BCUT2D eigenvalue weighted by atomic mass is 9.92. The molecule has 0 saturated carbocycles. The summed E-state index contributed by atoms with van der Waals surface area (Å²) >= 11 is 0. The first-order valence-electron chi connectivity index (χ1n) is 6.06. The van der Waals surface area contributed by atoms with Gasteiger partial charge in [0.2, 0.25) is 0 Å². The normalized spacial score (nSPS) is 31.5. The molecule has 2 unspecified atom stereocenters. The van der Waals surface area contributed by atoms with Crippen molar-refractivity contribution in [3.63, 3.8) is 0 Å². The molecule has 3 rings (SSSR count). The molecule has 2 atom stereocenters. The maximum atomic E-state index is 13.1. The largest absolute Gasteiger partial charge is 0.448 e. The second kappa shape index (κ2) is 3.88. The van der Waals surface area contributed by atoms with Crippen molar-refractivity contribution in [1.82, 2.24) is 5.32 Å². The van der Waals surface area contributed by atoms with Crippen molar-refractivity contribution in [1.29, 1.82) is 0 Å². The highest BCUT2D eigenvalue weighted by atomic mass is 19.1. The molecule has 0 aliphatic carbocycles. The molecule has 0 aromatic heterocycles. The Kier molecular flexibility index (Phi) is 2.47. The van der Waals surface area contributed by atoms with Crippen LogP contribution in [-0.2, 0) is 0 Å². The Labute approximate surface area is 99.9 Å². The van der Waals surface area contributed by atoms with Crippen LogP contribution in [0.1, 0.15) is 19.8 Å². The van der Waals surface area contributed by atoms with Crippen molar-refractivity contribution in [3.05, 3.63) is 24.0 Å². The van der Waals surface area contributed by atoms with Gasteiger partial charge in [-0.3, -0.25) is 0 Å². The summed E-state index contributed by atoms with van der Waals surface area (Å²) in [7, 11) is 0. The first-order valence-corrected chi connectivity index (χ1v) is 6.06. The minimum atomic E-state index is -0.663. The van der Waals surface area contributed by atoms with Crippen LogP contribution in [0.2, 0.25) is 0 Å². The van der Waals surface area contributed by atoms with E-state index >= 15 is 0 Å². The van der Waals surface area contributed by atoms with Gasteiger partial charge in [-0.15, -0.1) is 0 Å². The minimum absolute atomic E-state index is 0.293. The molecule has 1 aromatic rings. The fourth-order valence-corrected chi connectivity index (χ4v) is 2.57. The Morgan fingerprint density at radius 1 is 1.35 bits per heavy atom. The molecular weight excluding hydrogens is 221 g/mol. The van der Waals surface area contributed by atoms with Crippen LogP contribution in [0.25, 0.3) is 0 Å². The Morgan fingerprint density at radius 2 is 2.18 bits per heavy atom. The van der Waals surface area contributed by atoms with Gasteiger partial charge in [-0.05, 0) is 31.5 Å². The average molecular weight is 237 g/mol. The lowest BCUT2D eigenvalue weighted by molar-refractivity contribution is -0.115. The SMILES string of the molecule is CC1(C2CCCNC2)Oc2ccc(F)cc2O1. The number of ether oxygens (including phenoxy) is 2. The predicted molar refractivity (Wildman–Crippen MR) is 61.7 cm³/mol. The first-order chi connectivity index (χ1) is 8.17. The number of nitrogens with one attached hydrogen (secondary N) is 1. The van der Waals surface area contributed by atoms with Gasteiger partial charge >= 0.3 is 0 Å². The van der Waals surface area contributed by atoms with Crippen LogP contribution in [0.4, 0.5) is 4.39 Å². The summed E-state index contributed by atoms with van der Waals surface area (Å²) < 4.78 is 24.8. The quantitative estimate of drug-likeness (QED) is 0.813. The van der Waals surface area contributed by atoms with Crippen molar-refractivity contribution in [2.24, 2.45) is 5.92 Å². The molecule has 2 aliphatic heterocycles. The fourth-order valence-electron chi connectivity index (χ4n) is 2.57. The summed E-state index contributed by atoms with van der Waals surface area (Å²) in [5.74, 6) is 0.492. The van der Waals surface area contributed by atoms with Gasteiger partial charge in [0.1, 0.15) is 5.82 Å². The molecule has 0 amide bonds. The van der Waals surface area contributed by atoms with Gasteiger partial charge in [-0.2, -0.15) is 0 Å².